The zero-order valence-corrected chi connectivity index (χ0v) is 17.5. The largest absolute Gasteiger partial charge is 0.455 e. The average molecular weight is 454 g/mol. The van der Waals surface area contributed by atoms with E-state index in [-0.39, 0.29) is 34.3 Å². The van der Waals surface area contributed by atoms with E-state index in [2.05, 4.69) is 4.72 Å². The van der Waals surface area contributed by atoms with Crippen molar-refractivity contribution in [2.45, 2.75) is 11.4 Å². The summed E-state index contributed by atoms with van der Waals surface area (Å²) in [7, 11) is -4.17. The van der Waals surface area contributed by atoms with E-state index in [1.165, 1.54) is 6.07 Å². The van der Waals surface area contributed by atoms with Gasteiger partial charge in [-0.1, -0.05) is 24.3 Å². The summed E-state index contributed by atoms with van der Waals surface area (Å²) in [5, 5.41) is 20.7. The summed E-state index contributed by atoms with van der Waals surface area (Å²) < 4.78 is 35.4. The lowest BCUT2D eigenvalue weighted by Crippen LogP contribution is -2.34. The summed E-state index contributed by atoms with van der Waals surface area (Å²) >= 11 is 0. The molecule has 164 valence electrons. The molecule has 32 heavy (non-hydrogen) atoms. The summed E-state index contributed by atoms with van der Waals surface area (Å²) in [5.74, 6) is 0. The second-order valence-electron chi connectivity index (χ2n) is 7.37. The molecule has 5 rings (SSSR count). The molecule has 0 unspecified atom stereocenters. The van der Waals surface area contributed by atoms with E-state index in [4.69, 9.17) is 9.52 Å². The van der Waals surface area contributed by atoms with Crippen LogP contribution in [0.2, 0.25) is 0 Å². The zero-order valence-electron chi connectivity index (χ0n) is 16.7. The van der Waals surface area contributed by atoms with Crippen molar-refractivity contribution in [1.29, 1.82) is 0 Å². The predicted octanol–water partition coefficient (Wildman–Crippen LogP) is 1.11. The Labute approximate surface area is 180 Å². The van der Waals surface area contributed by atoms with Crippen LogP contribution in [0.4, 0.5) is 0 Å². The lowest BCUT2D eigenvalue weighted by Gasteiger charge is -2.16. The van der Waals surface area contributed by atoms with Crippen molar-refractivity contribution < 1.29 is 23.0 Å². The number of hydrogen-bond donors (Lipinski definition) is 3. The van der Waals surface area contributed by atoms with Gasteiger partial charge in [0, 0.05) is 28.1 Å². The molecule has 0 radical (unpaired) electrons. The highest BCUT2D eigenvalue weighted by molar-refractivity contribution is 7.89. The Bertz CT molecular complexity index is 1740. The van der Waals surface area contributed by atoms with Crippen LogP contribution >= 0.6 is 0 Å². The highest BCUT2D eigenvalue weighted by Crippen LogP contribution is 2.39. The van der Waals surface area contributed by atoms with E-state index in [1.54, 1.807) is 24.3 Å². The summed E-state index contributed by atoms with van der Waals surface area (Å²) in [6.45, 7) is -1.27. The fourth-order valence-electron chi connectivity index (χ4n) is 4.21. The zero-order chi connectivity index (χ0) is 22.6. The molecule has 0 atom stereocenters. The van der Waals surface area contributed by atoms with Crippen molar-refractivity contribution in [3.8, 4) is 0 Å². The van der Waals surface area contributed by atoms with Crippen LogP contribution in [0.5, 0.6) is 0 Å². The van der Waals surface area contributed by atoms with Gasteiger partial charge < -0.3 is 14.6 Å². The molecule has 10 heteroatoms. The molecule has 2 heterocycles. The minimum Gasteiger partial charge on any atom is -0.455 e. The van der Waals surface area contributed by atoms with Gasteiger partial charge in [0.25, 0.3) is 11.1 Å². The maximum atomic E-state index is 13.2. The number of aliphatic hydroxyl groups excluding tert-OH is 2. The van der Waals surface area contributed by atoms with Gasteiger partial charge in [-0.3, -0.25) is 14.2 Å². The lowest BCUT2D eigenvalue weighted by atomic mass is 9.96. The van der Waals surface area contributed by atoms with Crippen molar-refractivity contribution in [2.24, 2.45) is 0 Å². The number of rotatable bonds is 6. The van der Waals surface area contributed by atoms with Gasteiger partial charge in [0.05, 0.1) is 25.1 Å². The third-order valence-electron chi connectivity index (χ3n) is 5.56. The molecule has 5 aromatic rings. The van der Waals surface area contributed by atoms with Crippen molar-refractivity contribution in [2.75, 3.05) is 19.8 Å². The van der Waals surface area contributed by atoms with Gasteiger partial charge >= 0.3 is 0 Å². The van der Waals surface area contributed by atoms with E-state index in [1.807, 2.05) is 12.1 Å². The maximum absolute atomic E-state index is 13.2. The lowest BCUT2D eigenvalue weighted by molar-refractivity contribution is 0.273. The number of hydrogen-bond acceptors (Lipinski definition) is 7. The maximum Gasteiger partial charge on any atom is 0.261 e. The highest BCUT2D eigenvalue weighted by atomic mass is 32.2. The highest BCUT2D eigenvalue weighted by Gasteiger charge is 2.26. The Morgan fingerprint density at radius 2 is 1.59 bits per heavy atom. The molecule has 3 aromatic carbocycles. The van der Waals surface area contributed by atoms with Crippen molar-refractivity contribution in [3.05, 3.63) is 63.2 Å². The molecule has 0 amide bonds. The Morgan fingerprint density at radius 3 is 2.34 bits per heavy atom. The van der Waals surface area contributed by atoms with Gasteiger partial charge in [-0.25, -0.2) is 13.1 Å². The van der Waals surface area contributed by atoms with Gasteiger partial charge in [0.2, 0.25) is 10.0 Å². The summed E-state index contributed by atoms with van der Waals surface area (Å²) in [6, 6.07) is 11.6. The first-order valence-electron chi connectivity index (χ1n) is 9.87. The summed E-state index contributed by atoms with van der Waals surface area (Å²) in [6.07, 6.45) is 0. The van der Waals surface area contributed by atoms with Crippen LogP contribution in [0.3, 0.4) is 0 Å². The Balaban J connectivity index is 2.09. The summed E-state index contributed by atoms with van der Waals surface area (Å²) in [4.78, 5) is 25.9. The van der Waals surface area contributed by atoms with Crippen molar-refractivity contribution in [3.63, 3.8) is 0 Å². The topological polar surface area (TPSA) is 139 Å². The SMILES string of the molecule is O=c1c2ccc3c4ccccc4oc4c(S(=O)(=O)NCCO)cc(c(=O)n1CCO)c2c43. The Hall–Kier alpha value is -3.31. The van der Waals surface area contributed by atoms with Gasteiger partial charge in [-0.05, 0) is 23.6 Å². The fraction of sp³-hybridized carbons (Fsp3) is 0.182. The van der Waals surface area contributed by atoms with Crippen LogP contribution < -0.4 is 15.8 Å². The number of aromatic nitrogens is 1. The smallest absolute Gasteiger partial charge is 0.261 e. The molecule has 0 spiro atoms. The van der Waals surface area contributed by atoms with Gasteiger partial charge in [-0.15, -0.1) is 0 Å². The minimum absolute atomic E-state index is 0.0148. The van der Waals surface area contributed by atoms with Gasteiger partial charge in [-0.2, -0.15) is 0 Å². The Morgan fingerprint density at radius 1 is 0.875 bits per heavy atom. The fourth-order valence-corrected chi connectivity index (χ4v) is 5.39. The second kappa shape index (κ2) is 7.38. The first-order chi connectivity index (χ1) is 15.4. The molecule has 9 nitrogen and oxygen atoms in total. The standard InChI is InChI=1S/C22H18N2O7S/c25-9-7-23-32(29,30)17-11-15-18-14(21(27)24(8-10-26)22(15)28)6-5-13-12-3-1-2-4-16(12)31-20(17)19(13)18/h1-6,11,23,25-26H,7-10H2. The Kier molecular flexibility index (Phi) is 4.75. The molecular formula is C22H18N2O7S. The number of sulfonamides is 1. The number of benzene rings is 3. The van der Waals surface area contributed by atoms with Crippen LogP contribution in [0.1, 0.15) is 0 Å². The number of para-hydroxylation sites is 1. The van der Waals surface area contributed by atoms with Crippen molar-refractivity contribution >= 4 is 53.5 Å². The quantitative estimate of drug-likeness (QED) is 0.258. The molecule has 2 aromatic heterocycles. The third-order valence-corrected chi connectivity index (χ3v) is 7.02. The summed E-state index contributed by atoms with van der Waals surface area (Å²) in [5.41, 5.74) is -0.808. The molecule has 0 aliphatic rings. The normalized spacial score (nSPS) is 12.6. The van der Waals surface area contributed by atoms with Crippen LogP contribution in [0.15, 0.2) is 61.4 Å². The molecule has 0 aliphatic carbocycles. The van der Waals surface area contributed by atoms with Gasteiger partial charge in [0.1, 0.15) is 10.5 Å². The van der Waals surface area contributed by atoms with E-state index < -0.39 is 34.4 Å². The predicted molar refractivity (Wildman–Crippen MR) is 120 cm³/mol. The monoisotopic (exact) mass is 454 g/mol. The van der Waals surface area contributed by atoms with Crippen molar-refractivity contribution in [1.82, 2.24) is 9.29 Å². The minimum atomic E-state index is -4.17. The first kappa shape index (κ1) is 20.6. The van der Waals surface area contributed by atoms with Crippen LogP contribution in [-0.2, 0) is 16.6 Å². The molecular weight excluding hydrogens is 436 g/mol. The number of nitrogens with zero attached hydrogens (tertiary/aromatic N) is 1. The molecule has 0 saturated carbocycles. The van der Waals surface area contributed by atoms with Crippen LogP contribution in [0, 0.1) is 0 Å². The molecule has 0 saturated heterocycles. The third kappa shape index (κ3) is 2.84. The van der Waals surface area contributed by atoms with E-state index in [9.17, 15) is 23.1 Å². The number of aliphatic hydroxyl groups is 2. The molecule has 0 fully saturated rings. The van der Waals surface area contributed by atoms with E-state index >= 15 is 0 Å². The van der Waals surface area contributed by atoms with Gasteiger partial charge in [0.15, 0.2) is 5.58 Å². The molecule has 3 N–H and O–H groups in total. The van der Waals surface area contributed by atoms with Crippen LogP contribution in [-0.4, -0.2) is 43.0 Å². The number of pyridine rings is 1. The average Bonchev–Trinajstić information content (AvgIpc) is 2.79. The number of nitrogens with one attached hydrogen (secondary N) is 1. The number of fused-ring (bicyclic) bond motifs is 2. The second-order valence-corrected chi connectivity index (χ2v) is 9.10. The van der Waals surface area contributed by atoms with E-state index in [0.717, 1.165) is 4.57 Å². The van der Waals surface area contributed by atoms with E-state index in [0.29, 0.717) is 27.1 Å². The molecule has 0 aliphatic heterocycles. The van der Waals surface area contributed by atoms with Crippen LogP contribution in [0.25, 0.3) is 43.5 Å². The first-order valence-corrected chi connectivity index (χ1v) is 11.4. The molecule has 0 bridgehead atoms.